The lowest BCUT2D eigenvalue weighted by molar-refractivity contribution is 0.693. The van der Waals surface area contributed by atoms with Crippen molar-refractivity contribution in [3.05, 3.63) is 33.9 Å². The Labute approximate surface area is 127 Å². The SMILES string of the molecule is CCCc1nn(C)c2c1nc(CCl)n2Cc1ccsc1. The summed E-state index contributed by atoms with van der Waals surface area (Å²) in [5.41, 5.74) is 4.41. The van der Waals surface area contributed by atoms with Gasteiger partial charge in [-0.3, -0.25) is 4.68 Å². The summed E-state index contributed by atoms with van der Waals surface area (Å²) in [6.07, 6.45) is 2.02. The lowest BCUT2D eigenvalue weighted by Crippen LogP contribution is -2.07. The van der Waals surface area contributed by atoms with Gasteiger partial charge in [0.25, 0.3) is 0 Å². The van der Waals surface area contributed by atoms with Gasteiger partial charge in [0.15, 0.2) is 5.65 Å². The van der Waals surface area contributed by atoms with E-state index in [1.54, 1.807) is 11.3 Å². The van der Waals surface area contributed by atoms with Crippen LogP contribution in [0.2, 0.25) is 0 Å². The molecule has 0 amide bonds. The molecule has 4 nitrogen and oxygen atoms in total. The molecule has 0 saturated carbocycles. The second kappa shape index (κ2) is 5.58. The third-order valence-corrected chi connectivity index (χ3v) is 4.37. The number of alkyl halides is 1. The van der Waals surface area contributed by atoms with Crippen LogP contribution in [0.1, 0.15) is 30.4 Å². The van der Waals surface area contributed by atoms with Gasteiger partial charge in [-0.15, -0.1) is 11.6 Å². The van der Waals surface area contributed by atoms with Crippen molar-refractivity contribution in [1.29, 1.82) is 0 Å². The molecule has 0 aliphatic rings. The van der Waals surface area contributed by atoms with Gasteiger partial charge < -0.3 is 4.57 Å². The van der Waals surface area contributed by atoms with E-state index in [1.807, 2.05) is 11.7 Å². The maximum absolute atomic E-state index is 6.07. The van der Waals surface area contributed by atoms with Gasteiger partial charge in [-0.2, -0.15) is 16.4 Å². The van der Waals surface area contributed by atoms with Gasteiger partial charge in [-0.1, -0.05) is 13.3 Å². The normalized spacial score (nSPS) is 11.6. The summed E-state index contributed by atoms with van der Waals surface area (Å²) < 4.78 is 4.10. The molecule has 0 aliphatic carbocycles. The molecule has 3 heterocycles. The summed E-state index contributed by atoms with van der Waals surface area (Å²) in [5.74, 6) is 1.34. The van der Waals surface area contributed by atoms with E-state index in [4.69, 9.17) is 16.6 Å². The first-order valence-electron chi connectivity index (χ1n) is 6.72. The first kappa shape index (κ1) is 13.6. The Morgan fingerprint density at radius 2 is 2.25 bits per heavy atom. The van der Waals surface area contributed by atoms with Crippen LogP contribution in [0.3, 0.4) is 0 Å². The molecular weight excluding hydrogens is 292 g/mol. The number of aryl methyl sites for hydroxylation is 2. The molecule has 0 saturated heterocycles. The van der Waals surface area contributed by atoms with Crippen LogP contribution in [-0.2, 0) is 25.9 Å². The van der Waals surface area contributed by atoms with E-state index >= 15 is 0 Å². The monoisotopic (exact) mass is 308 g/mol. The maximum atomic E-state index is 6.07. The summed E-state index contributed by atoms with van der Waals surface area (Å²) in [4.78, 5) is 4.70. The fourth-order valence-electron chi connectivity index (χ4n) is 2.53. The highest BCUT2D eigenvalue weighted by atomic mass is 35.5. The van der Waals surface area contributed by atoms with Gasteiger partial charge >= 0.3 is 0 Å². The van der Waals surface area contributed by atoms with E-state index in [9.17, 15) is 0 Å². The van der Waals surface area contributed by atoms with Crippen LogP contribution in [0.4, 0.5) is 0 Å². The number of hydrogen-bond donors (Lipinski definition) is 0. The minimum atomic E-state index is 0.421. The minimum Gasteiger partial charge on any atom is -0.307 e. The zero-order valence-electron chi connectivity index (χ0n) is 11.6. The number of halogens is 1. The van der Waals surface area contributed by atoms with Crippen molar-refractivity contribution in [2.75, 3.05) is 0 Å². The number of hydrogen-bond acceptors (Lipinski definition) is 3. The third-order valence-electron chi connectivity index (χ3n) is 3.40. The van der Waals surface area contributed by atoms with Gasteiger partial charge in [0, 0.05) is 7.05 Å². The molecule has 3 rings (SSSR count). The van der Waals surface area contributed by atoms with Crippen molar-refractivity contribution in [2.45, 2.75) is 32.2 Å². The van der Waals surface area contributed by atoms with Gasteiger partial charge in [0.05, 0.1) is 18.1 Å². The first-order chi connectivity index (χ1) is 9.74. The Morgan fingerprint density at radius 1 is 1.40 bits per heavy atom. The number of imidazole rings is 1. The zero-order valence-corrected chi connectivity index (χ0v) is 13.2. The standard InChI is InChI=1S/C14H17ClN4S/c1-3-4-11-13-14(18(2)17-11)19(12(7-15)16-13)8-10-5-6-20-9-10/h5-6,9H,3-4,7-8H2,1-2H3. The predicted octanol–water partition coefficient (Wildman–Crippen LogP) is 3.57. The lowest BCUT2D eigenvalue weighted by atomic mass is 10.2. The summed E-state index contributed by atoms with van der Waals surface area (Å²) in [6.45, 7) is 2.96. The molecule has 0 aromatic carbocycles. The molecule has 106 valence electrons. The molecule has 20 heavy (non-hydrogen) atoms. The molecule has 6 heteroatoms. The van der Waals surface area contributed by atoms with Crippen molar-refractivity contribution in [3.63, 3.8) is 0 Å². The fourth-order valence-corrected chi connectivity index (χ4v) is 3.39. The first-order valence-corrected chi connectivity index (χ1v) is 8.20. The molecule has 0 atom stereocenters. The van der Waals surface area contributed by atoms with Gasteiger partial charge in [0.2, 0.25) is 0 Å². The van der Waals surface area contributed by atoms with E-state index in [0.29, 0.717) is 5.88 Å². The maximum Gasteiger partial charge on any atom is 0.159 e. The Kier molecular flexibility index (Phi) is 3.81. The molecule has 3 aromatic rings. The highest BCUT2D eigenvalue weighted by Gasteiger charge is 2.18. The van der Waals surface area contributed by atoms with E-state index in [2.05, 4.69) is 33.4 Å². The molecule has 3 aromatic heterocycles. The van der Waals surface area contributed by atoms with E-state index in [0.717, 1.165) is 42.1 Å². The number of aromatic nitrogens is 4. The molecule has 0 bridgehead atoms. The van der Waals surface area contributed by atoms with Crippen LogP contribution < -0.4 is 0 Å². The van der Waals surface area contributed by atoms with Crippen molar-refractivity contribution < 1.29 is 0 Å². The number of nitrogens with zero attached hydrogens (tertiary/aromatic N) is 4. The summed E-state index contributed by atoms with van der Waals surface area (Å²) in [7, 11) is 1.98. The van der Waals surface area contributed by atoms with Crippen LogP contribution in [0.25, 0.3) is 11.2 Å². The van der Waals surface area contributed by atoms with E-state index in [-0.39, 0.29) is 0 Å². The molecule has 0 unspecified atom stereocenters. The van der Waals surface area contributed by atoms with Crippen LogP contribution in [0.5, 0.6) is 0 Å². The Bertz CT molecular complexity index is 711. The van der Waals surface area contributed by atoms with Gasteiger partial charge in [0.1, 0.15) is 11.3 Å². The largest absolute Gasteiger partial charge is 0.307 e. The molecule has 0 aliphatic heterocycles. The van der Waals surface area contributed by atoms with Crippen molar-refractivity contribution in [3.8, 4) is 0 Å². The number of fused-ring (bicyclic) bond motifs is 1. The van der Waals surface area contributed by atoms with Crippen LogP contribution in [-0.4, -0.2) is 19.3 Å². The summed E-state index contributed by atoms with van der Waals surface area (Å²) >= 11 is 7.78. The molecule has 0 N–H and O–H groups in total. The molecule has 0 fully saturated rings. The predicted molar refractivity (Wildman–Crippen MR) is 83.5 cm³/mol. The van der Waals surface area contributed by atoms with Crippen molar-refractivity contribution in [2.24, 2.45) is 7.05 Å². The summed E-state index contributed by atoms with van der Waals surface area (Å²) in [6, 6.07) is 2.14. The minimum absolute atomic E-state index is 0.421. The van der Waals surface area contributed by atoms with Crippen LogP contribution >= 0.6 is 22.9 Å². The quantitative estimate of drug-likeness (QED) is 0.675. The third kappa shape index (κ3) is 2.25. The molecule has 0 radical (unpaired) electrons. The number of thiophene rings is 1. The highest BCUT2D eigenvalue weighted by molar-refractivity contribution is 7.07. The fraction of sp³-hybridized carbons (Fsp3) is 0.429. The average Bonchev–Trinajstić information content (AvgIpc) is 3.11. The van der Waals surface area contributed by atoms with Gasteiger partial charge in [-0.25, -0.2) is 4.98 Å². The zero-order chi connectivity index (χ0) is 14.1. The Balaban J connectivity index is 2.13. The Hall–Kier alpha value is -1.33. The van der Waals surface area contributed by atoms with Crippen LogP contribution in [0, 0.1) is 0 Å². The van der Waals surface area contributed by atoms with E-state index < -0.39 is 0 Å². The Morgan fingerprint density at radius 3 is 2.90 bits per heavy atom. The second-order valence-corrected chi connectivity index (χ2v) is 5.92. The van der Waals surface area contributed by atoms with E-state index in [1.165, 1.54) is 5.56 Å². The van der Waals surface area contributed by atoms with Crippen LogP contribution in [0.15, 0.2) is 16.8 Å². The molecular formula is C14H17ClN4S. The summed E-state index contributed by atoms with van der Waals surface area (Å²) in [5, 5.41) is 8.85. The smallest absolute Gasteiger partial charge is 0.159 e. The van der Waals surface area contributed by atoms with Crippen molar-refractivity contribution >= 4 is 34.1 Å². The van der Waals surface area contributed by atoms with Crippen molar-refractivity contribution in [1.82, 2.24) is 19.3 Å². The lowest BCUT2D eigenvalue weighted by Gasteiger charge is -2.06. The second-order valence-electron chi connectivity index (χ2n) is 4.87. The van der Waals surface area contributed by atoms with Gasteiger partial charge in [-0.05, 0) is 28.8 Å². The number of rotatable bonds is 5. The highest BCUT2D eigenvalue weighted by Crippen LogP contribution is 2.23. The molecule has 0 spiro atoms. The average molecular weight is 309 g/mol. The topological polar surface area (TPSA) is 35.6 Å².